The predicted molar refractivity (Wildman–Crippen MR) is 116 cm³/mol. The quantitative estimate of drug-likeness (QED) is 0.639. The van der Waals surface area contributed by atoms with E-state index in [1.165, 1.54) is 21.3 Å². The highest BCUT2D eigenvalue weighted by Gasteiger charge is 2.20. The first kappa shape index (κ1) is 22.8. The first-order valence-electron chi connectivity index (χ1n) is 9.66. The van der Waals surface area contributed by atoms with Crippen LogP contribution in [0.25, 0.3) is 6.08 Å². The molecule has 0 aliphatic heterocycles. The Labute approximate surface area is 177 Å². The average molecular weight is 412 g/mol. The van der Waals surface area contributed by atoms with Gasteiger partial charge in [-0.25, -0.2) is 0 Å². The van der Waals surface area contributed by atoms with Gasteiger partial charge in [0, 0.05) is 18.7 Å². The summed E-state index contributed by atoms with van der Waals surface area (Å²) in [5.41, 5.74) is 1.23. The number of methoxy groups -OCH3 is 3. The molecule has 0 aliphatic carbocycles. The van der Waals surface area contributed by atoms with Crippen LogP contribution in [0.15, 0.2) is 48.2 Å². The Morgan fingerprint density at radius 3 is 1.97 bits per heavy atom. The van der Waals surface area contributed by atoms with Crippen molar-refractivity contribution in [3.63, 3.8) is 0 Å². The molecule has 2 aromatic rings. The molecule has 0 aromatic heterocycles. The molecule has 2 aromatic carbocycles. The van der Waals surface area contributed by atoms with Crippen molar-refractivity contribution < 1.29 is 23.8 Å². The van der Waals surface area contributed by atoms with Crippen LogP contribution in [0.5, 0.6) is 17.2 Å². The molecule has 160 valence electrons. The number of ether oxygens (including phenoxy) is 3. The highest BCUT2D eigenvalue weighted by atomic mass is 16.5. The molecule has 0 bridgehead atoms. The summed E-state index contributed by atoms with van der Waals surface area (Å²) >= 11 is 0. The lowest BCUT2D eigenvalue weighted by Gasteiger charge is -2.21. The molecule has 0 unspecified atom stereocenters. The standard InChI is InChI=1S/C23H28N2O5/c1-6-25(7-2)23(27)18(24-22(26)17-11-9-8-10-12-17)13-16-14-19(28-3)21(30-5)20(15-16)29-4/h8-15H,6-7H2,1-5H3,(H,24,26). The monoisotopic (exact) mass is 412 g/mol. The molecule has 2 amide bonds. The van der Waals surface area contributed by atoms with Gasteiger partial charge >= 0.3 is 0 Å². The molecule has 7 heteroatoms. The Kier molecular flexibility index (Phi) is 8.29. The third kappa shape index (κ3) is 5.31. The van der Waals surface area contributed by atoms with Crippen LogP contribution in [0.3, 0.4) is 0 Å². The molecule has 0 saturated carbocycles. The minimum atomic E-state index is -0.366. The maximum atomic E-state index is 13.1. The van der Waals surface area contributed by atoms with E-state index in [9.17, 15) is 9.59 Å². The zero-order valence-electron chi connectivity index (χ0n) is 18.0. The Morgan fingerprint density at radius 2 is 1.50 bits per heavy atom. The second-order valence-electron chi connectivity index (χ2n) is 6.31. The third-order valence-corrected chi connectivity index (χ3v) is 4.56. The fraction of sp³-hybridized carbons (Fsp3) is 0.304. The lowest BCUT2D eigenvalue weighted by atomic mass is 10.1. The van der Waals surface area contributed by atoms with Crippen molar-refractivity contribution in [2.45, 2.75) is 13.8 Å². The van der Waals surface area contributed by atoms with Crippen LogP contribution in [0.2, 0.25) is 0 Å². The Hall–Kier alpha value is -3.48. The molecular weight excluding hydrogens is 384 g/mol. The number of carbonyl (C=O) groups excluding carboxylic acids is 2. The molecule has 0 spiro atoms. The van der Waals surface area contributed by atoms with Crippen LogP contribution >= 0.6 is 0 Å². The van der Waals surface area contributed by atoms with Crippen LogP contribution < -0.4 is 19.5 Å². The zero-order chi connectivity index (χ0) is 22.1. The number of amides is 2. The fourth-order valence-corrected chi connectivity index (χ4v) is 2.97. The molecule has 2 rings (SSSR count). The molecule has 0 saturated heterocycles. The Bertz CT molecular complexity index is 880. The minimum absolute atomic E-state index is 0.154. The molecule has 0 fully saturated rings. The average Bonchev–Trinajstić information content (AvgIpc) is 2.79. The molecule has 0 aliphatic rings. The summed E-state index contributed by atoms with van der Waals surface area (Å²) in [5, 5.41) is 2.75. The first-order valence-corrected chi connectivity index (χ1v) is 9.66. The lowest BCUT2D eigenvalue weighted by molar-refractivity contribution is -0.127. The summed E-state index contributed by atoms with van der Waals surface area (Å²) in [6.07, 6.45) is 1.60. The van der Waals surface area contributed by atoms with Crippen molar-refractivity contribution in [3.8, 4) is 17.2 Å². The van der Waals surface area contributed by atoms with Gasteiger partial charge in [-0.2, -0.15) is 0 Å². The highest BCUT2D eigenvalue weighted by molar-refractivity contribution is 6.05. The smallest absolute Gasteiger partial charge is 0.270 e. The van der Waals surface area contributed by atoms with Crippen molar-refractivity contribution in [3.05, 3.63) is 59.3 Å². The lowest BCUT2D eigenvalue weighted by Crippen LogP contribution is -2.38. The zero-order valence-corrected chi connectivity index (χ0v) is 18.0. The largest absolute Gasteiger partial charge is 0.493 e. The van der Waals surface area contributed by atoms with Crippen molar-refractivity contribution in [1.82, 2.24) is 10.2 Å². The van der Waals surface area contributed by atoms with Gasteiger partial charge < -0.3 is 24.4 Å². The summed E-state index contributed by atoms with van der Waals surface area (Å²) in [6, 6.07) is 12.2. The van der Waals surface area contributed by atoms with Gasteiger partial charge in [0.05, 0.1) is 21.3 Å². The summed E-state index contributed by atoms with van der Waals surface area (Å²) in [7, 11) is 4.55. The van der Waals surface area contributed by atoms with Gasteiger partial charge in [0.25, 0.3) is 11.8 Å². The number of rotatable bonds is 9. The molecule has 1 N–H and O–H groups in total. The molecule has 0 radical (unpaired) electrons. The minimum Gasteiger partial charge on any atom is -0.493 e. The van der Waals surface area contributed by atoms with E-state index in [1.807, 2.05) is 19.9 Å². The van der Waals surface area contributed by atoms with Crippen molar-refractivity contribution in [2.24, 2.45) is 0 Å². The van der Waals surface area contributed by atoms with Crippen molar-refractivity contribution in [1.29, 1.82) is 0 Å². The fourth-order valence-electron chi connectivity index (χ4n) is 2.97. The molecule has 30 heavy (non-hydrogen) atoms. The second kappa shape index (κ2) is 10.9. The Balaban J connectivity index is 2.51. The number of likely N-dealkylation sites (N-methyl/N-ethyl adjacent to an activating group) is 1. The van der Waals surface area contributed by atoms with Crippen LogP contribution in [0.4, 0.5) is 0 Å². The summed E-state index contributed by atoms with van der Waals surface area (Å²) < 4.78 is 16.1. The van der Waals surface area contributed by atoms with E-state index in [0.717, 1.165) is 0 Å². The van der Waals surface area contributed by atoms with Crippen LogP contribution in [0, 0.1) is 0 Å². The topological polar surface area (TPSA) is 77.1 Å². The SMILES string of the molecule is CCN(CC)C(=O)C(=Cc1cc(OC)c(OC)c(OC)c1)NC(=O)c1ccccc1. The molecular formula is C23H28N2O5. The van der Waals surface area contributed by atoms with Crippen molar-refractivity contribution in [2.75, 3.05) is 34.4 Å². The number of carbonyl (C=O) groups is 2. The number of nitrogens with one attached hydrogen (secondary N) is 1. The van der Waals surface area contributed by atoms with Gasteiger partial charge in [0.15, 0.2) is 11.5 Å². The van der Waals surface area contributed by atoms with Crippen molar-refractivity contribution >= 4 is 17.9 Å². The van der Waals surface area contributed by atoms with E-state index in [4.69, 9.17) is 14.2 Å². The molecule has 0 heterocycles. The number of nitrogens with zero attached hydrogens (tertiary/aromatic N) is 1. The number of hydrogen-bond acceptors (Lipinski definition) is 5. The molecule has 0 atom stereocenters. The van der Waals surface area contributed by atoms with E-state index in [2.05, 4.69) is 5.32 Å². The van der Waals surface area contributed by atoms with Crippen LogP contribution in [0.1, 0.15) is 29.8 Å². The highest BCUT2D eigenvalue weighted by Crippen LogP contribution is 2.38. The van der Waals surface area contributed by atoms with Gasteiger partial charge in [0.2, 0.25) is 5.75 Å². The van der Waals surface area contributed by atoms with Gasteiger partial charge in [-0.15, -0.1) is 0 Å². The maximum absolute atomic E-state index is 13.1. The van der Waals surface area contributed by atoms with Gasteiger partial charge in [-0.3, -0.25) is 9.59 Å². The number of hydrogen-bond donors (Lipinski definition) is 1. The van der Waals surface area contributed by atoms with E-state index < -0.39 is 0 Å². The van der Waals surface area contributed by atoms with E-state index in [1.54, 1.807) is 47.4 Å². The molecule has 7 nitrogen and oxygen atoms in total. The van der Waals surface area contributed by atoms with Gasteiger partial charge in [0.1, 0.15) is 5.70 Å². The van der Waals surface area contributed by atoms with Gasteiger partial charge in [-0.1, -0.05) is 18.2 Å². The first-order chi connectivity index (χ1) is 14.5. The summed E-state index contributed by atoms with van der Waals surface area (Å²) in [4.78, 5) is 27.4. The van der Waals surface area contributed by atoms with E-state index in [-0.39, 0.29) is 17.5 Å². The third-order valence-electron chi connectivity index (χ3n) is 4.56. The maximum Gasteiger partial charge on any atom is 0.270 e. The second-order valence-corrected chi connectivity index (χ2v) is 6.31. The van der Waals surface area contributed by atoms with Crippen LogP contribution in [-0.4, -0.2) is 51.1 Å². The Morgan fingerprint density at radius 1 is 0.933 bits per heavy atom. The number of benzene rings is 2. The normalized spacial score (nSPS) is 10.9. The van der Waals surface area contributed by atoms with Gasteiger partial charge in [-0.05, 0) is 49.8 Å². The summed E-state index contributed by atoms with van der Waals surface area (Å²) in [6.45, 7) is 4.81. The van der Waals surface area contributed by atoms with Crippen LogP contribution in [-0.2, 0) is 4.79 Å². The summed E-state index contributed by atoms with van der Waals surface area (Å²) in [5.74, 6) is 0.703. The van der Waals surface area contributed by atoms with E-state index in [0.29, 0.717) is 41.5 Å². The predicted octanol–water partition coefficient (Wildman–Crippen LogP) is 3.35. The van der Waals surface area contributed by atoms with E-state index >= 15 is 0 Å².